The quantitative estimate of drug-likeness (QED) is 0.718. The molecule has 5 unspecified atom stereocenters. The van der Waals surface area contributed by atoms with Gasteiger partial charge >= 0.3 is 0 Å². The Morgan fingerprint density at radius 1 is 0.952 bits per heavy atom. The van der Waals surface area contributed by atoms with Crippen LogP contribution in [0.3, 0.4) is 0 Å². The summed E-state index contributed by atoms with van der Waals surface area (Å²) in [5, 5.41) is 4.20. The van der Waals surface area contributed by atoms with Crippen LogP contribution in [0.15, 0.2) is 0 Å². The maximum Gasteiger partial charge on any atom is 0.0132 e. The van der Waals surface area contributed by atoms with Gasteiger partial charge in [-0.3, -0.25) is 0 Å². The monoisotopic (exact) mass is 291 g/mol. The molecule has 1 nitrogen and oxygen atoms in total. The third-order valence-electron chi connectivity index (χ3n) is 8.09. The summed E-state index contributed by atoms with van der Waals surface area (Å²) in [5.74, 6) is 1.81. The fraction of sp³-hybridized carbons (Fsp3) is 1.00. The fourth-order valence-electron chi connectivity index (χ4n) is 6.08. The highest BCUT2D eigenvalue weighted by atomic mass is 15.0. The van der Waals surface area contributed by atoms with E-state index in [1.807, 2.05) is 0 Å². The van der Waals surface area contributed by atoms with E-state index in [1.165, 1.54) is 44.9 Å². The molecule has 3 saturated carbocycles. The highest BCUT2D eigenvalue weighted by Gasteiger charge is 2.61. The zero-order valence-electron chi connectivity index (χ0n) is 15.3. The third kappa shape index (κ3) is 2.38. The largest absolute Gasteiger partial charge is 0.310 e. The number of fused-ring (bicyclic) bond motifs is 2. The second-order valence-electron chi connectivity index (χ2n) is 10.2. The zero-order valence-corrected chi connectivity index (χ0v) is 15.3. The van der Waals surface area contributed by atoms with Crippen molar-refractivity contribution in [2.45, 2.75) is 98.6 Å². The van der Waals surface area contributed by atoms with E-state index in [9.17, 15) is 0 Å². The Bertz CT molecular complexity index is 391. The van der Waals surface area contributed by atoms with Crippen LogP contribution in [0, 0.1) is 28.1 Å². The molecule has 3 aliphatic rings. The summed E-state index contributed by atoms with van der Waals surface area (Å²) in [6.45, 7) is 15.0. The van der Waals surface area contributed by atoms with Crippen LogP contribution in [0.5, 0.6) is 0 Å². The Kier molecular flexibility index (Phi) is 3.76. The standard InChI is InChI=1S/C20H37N/c1-18(2,3)15-9-7-8-10-16(15)21-17-13-14-11-12-20(17,6)19(14,4)5/h14-17,21H,7-13H2,1-6H3. The lowest BCUT2D eigenvalue weighted by Gasteiger charge is -2.46. The minimum atomic E-state index is 0.451. The van der Waals surface area contributed by atoms with Crippen molar-refractivity contribution in [3.63, 3.8) is 0 Å². The second kappa shape index (κ2) is 4.98. The molecule has 0 heterocycles. The minimum absolute atomic E-state index is 0.451. The van der Waals surface area contributed by atoms with E-state index in [0.29, 0.717) is 16.2 Å². The normalized spacial score (nSPS) is 46.0. The van der Waals surface area contributed by atoms with Crippen LogP contribution in [0.1, 0.15) is 86.5 Å². The topological polar surface area (TPSA) is 12.0 Å². The highest BCUT2D eigenvalue weighted by molar-refractivity contribution is 5.13. The minimum Gasteiger partial charge on any atom is -0.310 e. The van der Waals surface area contributed by atoms with E-state index in [2.05, 4.69) is 46.9 Å². The first-order valence-corrected chi connectivity index (χ1v) is 9.42. The van der Waals surface area contributed by atoms with Crippen molar-refractivity contribution >= 4 is 0 Å². The Labute approximate surface area is 132 Å². The molecule has 2 bridgehead atoms. The molecule has 3 fully saturated rings. The van der Waals surface area contributed by atoms with E-state index in [4.69, 9.17) is 0 Å². The van der Waals surface area contributed by atoms with Gasteiger partial charge < -0.3 is 5.32 Å². The average molecular weight is 292 g/mol. The summed E-state index contributed by atoms with van der Waals surface area (Å²) in [5.41, 5.74) is 1.51. The summed E-state index contributed by atoms with van der Waals surface area (Å²) < 4.78 is 0. The van der Waals surface area contributed by atoms with Gasteiger partial charge in [0.15, 0.2) is 0 Å². The third-order valence-corrected chi connectivity index (χ3v) is 8.09. The molecule has 3 aliphatic carbocycles. The van der Waals surface area contributed by atoms with Crippen molar-refractivity contribution in [3.8, 4) is 0 Å². The van der Waals surface area contributed by atoms with Gasteiger partial charge in [0, 0.05) is 12.1 Å². The average Bonchev–Trinajstić information content (AvgIpc) is 2.71. The van der Waals surface area contributed by atoms with Crippen molar-refractivity contribution in [2.75, 3.05) is 0 Å². The summed E-state index contributed by atoms with van der Waals surface area (Å²) in [7, 11) is 0. The molecule has 0 aliphatic heterocycles. The van der Waals surface area contributed by atoms with Gasteiger partial charge in [-0.15, -0.1) is 0 Å². The summed E-state index contributed by atoms with van der Waals surface area (Å²) in [6.07, 6.45) is 10.0. The van der Waals surface area contributed by atoms with E-state index < -0.39 is 0 Å². The number of rotatable bonds is 2. The molecule has 0 aromatic carbocycles. The number of hydrogen-bond donors (Lipinski definition) is 1. The second-order valence-corrected chi connectivity index (χ2v) is 10.2. The number of nitrogens with one attached hydrogen (secondary N) is 1. The number of hydrogen-bond acceptors (Lipinski definition) is 1. The predicted molar refractivity (Wildman–Crippen MR) is 91.4 cm³/mol. The summed E-state index contributed by atoms with van der Waals surface area (Å²) in [6, 6.07) is 1.52. The van der Waals surface area contributed by atoms with Crippen molar-refractivity contribution in [3.05, 3.63) is 0 Å². The molecule has 21 heavy (non-hydrogen) atoms. The summed E-state index contributed by atoms with van der Waals surface area (Å²) >= 11 is 0. The lowest BCUT2D eigenvalue weighted by molar-refractivity contribution is 0.0762. The molecule has 0 aromatic rings. The van der Waals surface area contributed by atoms with Gasteiger partial charge in [-0.1, -0.05) is 54.4 Å². The van der Waals surface area contributed by atoms with Crippen LogP contribution in [0.25, 0.3) is 0 Å². The van der Waals surface area contributed by atoms with Gasteiger partial charge in [-0.2, -0.15) is 0 Å². The van der Waals surface area contributed by atoms with Gasteiger partial charge in [-0.05, 0) is 60.2 Å². The summed E-state index contributed by atoms with van der Waals surface area (Å²) in [4.78, 5) is 0. The first-order valence-electron chi connectivity index (χ1n) is 9.42. The first-order chi connectivity index (χ1) is 9.66. The van der Waals surface area contributed by atoms with Crippen LogP contribution in [-0.2, 0) is 0 Å². The van der Waals surface area contributed by atoms with Crippen LogP contribution < -0.4 is 5.32 Å². The molecule has 3 rings (SSSR count). The van der Waals surface area contributed by atoms with Crippen molar-refractivity contribution in [2.24, 2.45) is 28.1 Å². The lowest BCUT2D eigenvalue weighted by Crippen LogP contribution is -2.53. The van der Waals surface area contributed by atoms with Crippen molar-refractivity contribution in [1.29, 1.82) is 0 Å². The van der Waals surface area contributed by atoms with E-state index >= 15 is 0 Å². The Hall–Kier alpha value is -0.0400. The molecule has 1 heteroatoms. The van der Waals surface area contributed by atoms with Crippen LogP contribution in [-0.4, -0.2) is 12.1 Å². The molecule has 5 atom stereocenters. The Balaban J connectivity index is 1.75. The SMILES string of the molecule is CC(C)(C)C1CCCCC1NC1CC2CCC1(C)C2(C)C. The van der Waals surface area contributed by atoms with Gasteiger partial charge in [0.05, 0.1) is 0 Å². The lowest BCUT2D eigenvalue weighted by atomic mass is 9.67. The zero-order chi connectivity index (χ0) is 15.5. The van der Waals surface area contributed by atoms with Gasteiger partial charge in [0.2, 0.25) is 0 Å². The van der Waals surface area contributed by atoms with E-state index in [0.717, 1.165) is 23.9 Å². The molecular formula is C20H37N. The molecule has 0 radical (unpaired) electrons. The van der Waals surface area contributed by atoms with Crippen LogP contribution in [0.4, 0.5) is 0 Å². The predicted octanol–water partition coefficient (Wildman–Crippen LogP) is 5.40. The molecular weight excluding hydrogens is 254 g/mol. The van der Waals surface area contributed by atoms with Crippen molar-refractivity contribution in [1.82, 2.24) is 5.32 Å². The first kappa shape index (κ1) is 15.8. The molecule has 0 saturated heterocycles. The van der Waals surface area contributed by atoms with Crippen LogP contribution in [0.2, 0.25) is 0 Å². The van der Waals surface area contributed by atoms with Gasteiger partial charge in [-0.25, -0.2) is 0 Å². The maximum atomic E-state index is 4.20. The van der Waals surface area contributed by atoms with E-state index in [1.54, 1.807) is 0 Å². The molecule has 0 spiro atoms. The Morgan fingerprint density at radius 2 is 1.62 bits per heavy atom. The molecule has 0 aromatic heterocycles. The van der Waals surface area contributed by atoms with Gasteiger partial charge in [0.1, 0.15) is 0 Å². The molecule has 1 N–H and O–H groups in total. The Morgan fingerprint density at radius 3 is 2.14 bits per heavy atom. The fourth-order valence-corrected chi connectivity index (χ4v) is 6.08. The van der Waals surface area contributed by atoms with Crippen LogP contribution >= 0.6 is 0 Å². The van der Waals surface area contributed by atoms with Gasteiger partial charge in [0.25, 0.3) is 0 Å². The van der Waals surface area contributed by atoms with Crippen molar-refractivity contribution < 1.29 is 0 Å². The smallest absolute Gasteiger partial charge is 0.0132 e. The molecule has 0 amide bonds. The highest BCUT2D eigenvalue weighted by Crippen LogP contribution is 2.65. The maximum absolute atomic E-state index is 4.20. The van der Waals surface area contributed by atoms with E-state index in [-0.39, 0.29) is 0 Å². The molecule has 122 valence electrons.